The Morgan fingerprint density at radius 1 is 0.762 bits per heavy atom. The van der Waals surface area contributed by atoms with Crippen molar-refractivity contribution in [1.82, 2.24) is 5.32 Å². The van der Waals surface area contributed by atoms with Crippen LogP contribution in [0.25, 0.3) is 0 Å². The van der Waals surface area contributed by atoms with Crippen molar-refractivity contribution in [2.45, 2.75) is 97.8 Å². The molecule has 0 aliphatic carbocycles. The Bertz CT molecular complexity index is 295. The number of unbranched alkanes of at least 4 members (excludes halogenated alkanes) is 11. The maximum Gasteiger partial charge on any atom is 0.117 e. The molecule has 2 heteroatoms. The van der Waals surface area contributed by atoms with Crippen LogP contribution in [0.5, 0.6) is 0 Å². The summed E-state index contributed by atoms with van der Waals surface area (Å²) in [7, 11) is 0. The van der Waals surface area contributed by atoms with Gasteiger partial charge in [0.25, 0.3) is 0 Å². The van der Waals surface area contributed by atoms with Gasteiger partial charge < -0.3 is 5.32 Å². The zero-order chi connectivity index (χ0) is 15.8. The van der Waals surface area contributed by atoms with E-state index >= 15 is 0 Å². The van der Waals surface area contributed by atoms with Crippen LogP contribution in [0.15, 0.2) is 11.3 Å². The maximum atomic E-state index is 8.92. The molecular formula is C19H36N2. The highest BCUT2D eigenvalue weighted by Gasteiger charge is 1.97. The Labute approximate surface area is 133 Å². The molecule has 0 heterocycles. The largest absolute Gasteiger partial charge is 0.377 e. The lowest BCUT2D eigenvalue weighted by molar-refractivity contribution is 0.541. The summed E-state index contributed by atoms with van der Waals surface area (Å²) >= 11 is 0. The second-order valence-corrected chi connectivity index (χ2v) is 6.30. The quantitative estimate of drug-likeness (QED) is 0.310. The number of nitrogens with one attached hydrogen (secondary N) is 1. The second-order valence-electron chi connectivity index (χ2n) is 6.30. The number of nitriles is 1. The van der Waals surface area contributed by atoms with Crippen LogP contribution in [-0.2, 0) is 0 Å². The summed E-state index contributed by atoms with van der Waals surface area (Å²) < 4.78 is 0. The number of rotatable bonds is 14. The first-order valence-corrected chi connectivity index (χ1v) is 9.03. The van der Waals surface area contributed by atoms with E-state index in [1.807, 2.05) is 13.8 Å². The zero-order valence-electron chi connectivity index (χ0n) is 14.6. The van der Waals surface area contributed by atoms with Gasteiger partial charge in [-0.15, -0.1) is 0 Å². The fourth-order valence-corrected chi connectivity index (χ4v) is 2.51. The van der Waals surface area contributed by atoms with E-state index in [1.165, 1.54) is 77.0 Å². The Morgan fingerprint density at radius 3 is 1.57 bits per heavy atom. The molecule has 0 fully saturated rings. The summed E-state index contributed by atoms with van der Waals surface area (Å²) in [5.74, 6) is 0. The van der Waals surface area contributed by atoms with Gasteiger partial charge in [-0.05, 0) is 25.8 Å². The third-order valence-electron chi connectivity index (χ3n) is 3.94. The predicted octanol–water partition coefficient (Wildman–Crippen LogP) is 6.09. The van der Waals surface area contributed by atoms with Gasteiger partial charge in [-0.2, -0.15) is 5.26 Å². The van der Waals surface area contributed by atoms with Crippen molar-refractivity contribution < 1.29 is 0 Å². The molecule has 2 nitrogen and oxygen atoms in total. The van der Waals surface area contributed by atoms with E-state index < -0.39 is 0 Å². The minimum absolute atomic E-state index is 0.748. The number of allylic oxidation sites excluding steroid dienone is 2. The third-order valence-corrected chi connectivity index (χ3v) is 3.94. The lowest BCUT2D eigenvalue weighted by Crippen LogP contribution is -2.14. The molecule has 0 bridgehead atoms. The summed E-state index contributed by atoms with van der Waals surface area (Å²) in [6, 6.07) is 2.21. The lowest BCUT2D eigenvalue weighted by Gasteiger charge is -2.06. The van der Waals surface area contributed by atoms with E-state index in [9.17, 15) is 0 Å². The predicted molar refractivity (Wildman–Crippen MR) is 93.1 cm³/mol. The standard InChI is InChI=1S/C19H36N2/c1-4-5-6-7-8-9-10-11-12-13-14-15-16-21-19(17-20)18(2)3/h21H,4-16H2,1-3H3. The molecule has 0 aromatic rings. The highest BCUT2D eigenvalue weighted by Crippen LogP contribution is 2.11. The highest BCUT2D eigenvalue weighted by atomic mass is 14.9. The molecule has 0 unspecified atom stereocenters. The Balaban J connectivity index is 3.20. The third kappa shape index (κ3) is 13.8. The Hall–Kier alpha value is -0.970. The van der Waals surface area contributed by atoms with Crippen LogP contribution in [0, 0.1) is 11.3 Å². The first-order chi connectivity index (χ1) is 10.2. The van der Waals surface area contributed by atoms with Crippen LogP contribution in [0.3, 0.4) is 0 Å². The first-order valence-electron chi connectivity index (χ1n) is 9.03. The van der Waals surface area contributed by atoms with Gasteiger partial charge in [-0.1, -0.05) is 77.6 Å². The van der Waals surface area contributed by atoms with Gasteiger partial charge in [0, 0.05) is 6.54 Å². The van der Waals surface area contributed by atoms with Crippen molar-refractivity contribution in [2.24, 2.45) is 0 Å². The van der Waals surface area contributed by atoms with Gasteiger partial charge in [0.2, 0.25) is 0 Å². The smallest absolute Gasteiger partial charge is 0.117 e. The van der Waals surface area contributed by atoms with Crippen molar-refractivity contribution in [3.8, 4) is 6.07 Å². The monoisotopic (exact) mass is 292 g/mol. The average molecular weight is 293 g/mol. The van der Waals surface area contributed by atoms with E-state index in [4.69, 9.17) is 5.26 Å². The summed E-state index contributed by atoms with van der Waals surface area (Å²) in [6.45, 7) is 7.17. The van der Waals surface area contributed by atoms with Crippen LogP contribution >= 0.6 is 0 Å². The molecule has 0 aromatic carbocycles. The lowest BCUT2D eigenvalue weighted by atomic mass is 10.1. The summed E-state index contributed by atoms with van der Waals surface area (Å²) in [4.78, 5) is 0. The second kappa shape index (κ2) is 15.4. The van der Waals surface area contributed by atoms with E-state index in [-0.39, 0.29) is 0 Å². The van der Waals surface area contributed by atoms with Crippen molar-refractivity contribution in [2.75, 3.05) is 6.54 Å². The molecule has 0 aromatic heterocycles. The first kappa shape index (κ1) is 20.0. The fourth-order valence-electron chi connectivity index (χ4n) is 2.51. The van der Waals surface area contributed by atoms with E-state index in [2.05, 4.69) is 18.3 Å². The molecule has 0 rings (SSSR count). The molecule has 0 aliphatic rings. The Morgan fingerprint density at radius 2 is 1.19 bits per heavy atom. The number of hydrogen-bond donors (Lipinski definition) is 1. The van der Waals surface area contributed by atoms with Gasteiger partial charge in [0.1, 0.15) is 11.8 Å². The van der Waals surface area contributed by atoms with Gasteiger partial charge in [-0.25, -0.2) is 0 Å². The SMILES string of the molecule is CCCCCCCCCCCCCCNC(C#N)=C(C)C. The fraction of sp³-hybridized carbons (Fsp3) is 0.842. The van der Waals surface area contributed by atoms with E-state index in [0.717, 1.165) is 17.8 Å². The molecule has 0 saturated carbocycles. The molecule has 21 heavy (non-hydrogen) atoms. The molecular weight excluding hydrogens is 256 g/mol. The molecule has 0 radical (unpaired) electrons. The van der Waals surface area contributed by atoms with Gasteiger partial charge in [-0.3, -0.25) is 0 Å². The van der Waals surface area contributed by atoms with Crippen LogP contribution < -0.4 is 5.32 Å². The van der Waals surface area contributed by atoms with E-state index in [1.54, 1.807) is 0 Å². The van der Waals surface area contributed by atoms with Crippen molar-refractivity contribution in [3.05, 3.63) is 11.3 Å². The summed E-state index contributed by atoms with van der Waals surface area (Å²) in [6.07, 6.45) is 16.5. The van der Waals surface area contributed by atoms with Crippen LogP contribution in [0.1, 0.15) is 97.8 Å². The van der Waals surface area contributed by atoms with E-state index in [0.29, 0.717) is 0 Å². The zero-order valence-corrected chi connectivity index (χ0v) is 14.6. The van der Waals surface area contributed by atoms with Crippen LogP contribution in [0.4, 0.5) is 0 Å². The molecule has 0 spiro atoms. The van der Waals surface area contributed by atoms with Gasteiger partial charge >= 0.3 is 0 Å². The van der Waals surface area contributed by atoms with Crippen LogP contribution in [0.2, 0.25) is 0 Å². The summed E-state index contributed by atoms with van der Waals surface area (Å²) in [5, 5.41) is 12.1. The normalized spacial score (nSPS) is 10.2. The van der Waals surface area contributed by atoms with Crippen LogP contribution in [-0.4, -0.2) is 6.54 Å². The molecule has 0 atom stereocenters. The summed E-state index contributed by atoms with van der Waals surface area (Å²) in [5.41, 5.74) is 1.83. The van der Waals surface area contributed by atoms with Crippen molar-refractivity contribution >= 4 is 0 Å². The molecule has 1 N–H and O–H groups in total. The van der Waals surface area contributed by atoms with Crippen molar-refractivity contribution in [1.29, 1.82) is 5.26 Å². The number of nitrogens with zero attached hydrogens (tertiary/aromatic N) is 1. The molecule has 122 valence electrons. The minimum Gasteiger partial charge on any atom is -0.377 e. The highest BCUT2D eigenvalue weighted by molar-refractivity contribution is 5.23. The Kier molecular flexibility index (Phi) is 14.7. The topological polar surface area (TPSA) is 35.8 Å². The average Bonchev–Trinajstić information content (AvgIpc) is 2.47. The minimum atomic E-state index is 0.748. The van der Waals surface area contributed by atoms with Gasteiger partial charge in [0.15, 0.2) is 0 Å². The maximum absolute atomic E-state index is 8.92. The van der Waals surface area contributed by atoms with Gasteiger partial charge in [0.05, 0.1) is 0 Å². The molecule has 0 aliphatic heterocycles. The number of hydrogen-bond acceptors (Lipinski definition) is 2. The molecule has 0 saturated heterocycles. The molecule has 0 amide bonds. The van der Waals surface area contributed by atoms with Crippen molar-refractivity contribution in [3.63, 3.8) is 0 Å².